The van der Waals surface area contributed by atoms with E-state index in [9.17, 15) is 8.42 Å². The zero-order chi connectivity index (χ0) is 11.0. The van der Waals surface area contributed by atoms with Crippen molar-refractivity contribution in [1.82, 2.24) is 9.62 Å². The Balaban J connectivity index is 4.29. The minimum absolute atomic E-state index is 0.0868. The minimum atomic E-state index is -3.20. The molecule has 0 amide bonds. The monoisotopic (exact) mass is 224 g/mol. The number of nitrogens with zero attached hydrogens (tertiary/aromatic N) is 1. The van der Waals surface area contributed by atoms with Gasteiger partial charge in [-0.05, 0) is 13.5 Å². The van der Waals surface area contributed by atoms with Crippen molar-refractivity contribution < 1.29 is 13.5 Å². The zero-order valence-corrected chi connectivity index (χ0v) is 9.68. The Hall–Kier alpha value is -0.170. The molecule has 0 aliphatic carbocycles. The zero-order valence-electron chi connectivity index (χ0n) is 8.86. The van der Waals surface area contributed by atoms with Gasteiger partial charge in [-0.25, -0.2) is 8.42 Å². The summed E-state index contributed by atoms with van der Waals surface area (Å²) >= 11 is 0. The second kappa shape index (κ2) is 7.17. The van der Waals surface area contributed by atoms with Crippen LogP contribution >= 0.6 is 0 Å². The number of hydrogen-bond donors (Lipinski definition) is 2. The summed E-state index contributed by atoms with van der Waals surface area (Å²) < 4.78 is 24.6. The molecule has 0 saturated heterocycles. The van der Waals surface area contributed by atoms with Gasteiger partial charge in [0, 0.05) is 19.6 Å². The lowest BCUT2D eigenvalue weighted by molar-refractivity contribution is 0.253. The summed E-state index contributed by atoms with van der Waals surface area (Å²) in [6, 6.07) is 0. The Labute approximate surface area is 86.2 Å². The van der Waals surface area contributed by atoms with Crippen LogP contribution in [0.2, 0.25) is 0 Å². The molecule has 5 nitrogen and oxygen atoms in total. The SMILES string of the molecule is CCCN(CCO)S(=O)(=O)CCNC. The third kappa shape index (κ3) is 4.90. The van der Waals surface area contributed by atoms with Crippen LogP contribution in [0.15, 0.2) is 0 Å². The highest BCUT2D eigenvalue weighted by atomic mass is 32.2. The smallest absolute Gasteiger partial charge is 0.215 e. The van der Waals surface area contributed by atoms with E-state index in [-0.39, 0.29) is 18.9 Å². The summed E-state index contributed by atoms with van der Waals surface area (Å²) in [6.45, 7) is 2.90. The molecular weight excluding hydrogens is 204 g/mol. The molecule has 0 aromatic carbocycles. The lowest BCUT2D eigenvalue weighted by atomic mass is 10.5. The predicted octanol–water partition coefficient (Wildman–Crippen LogP) is -0.760. The van der Waals surface area contributed by atoms with Crippen LogP contribution in [0, 0.1) is 0 Å². The molecule has 6 heteroatoms. The van der Waals surface area contributed by atoms with Gasteiger partial charge in [0.2, 0.25) is 10.0 Å². The van der Waals surface area contributed by atoms with Crippen LogP contribution in [0.5, 0.6) is 0 Å². The summed E-state index contributed by atoms with van der Waals surface area (Å²) in [5.41, 5.74) is 0. The van der Waals surface area contributed by atoms with E-state index in [0.29, 0.717) is 13.1 Å². The van der Waals surface area contributed by atoms with Crippen molar-refractivity contribution >= 4 is 10.0 Å². The number of rotatable bonds is 8. The molecule has 0 bridgehead atoms. The van der Waals surface area contributed by atoms with E-state index in [1.807, 2.05) is 6.92 Å². The molecule has 0 aromatic heterocycles. The topological polar surface area (TPSA) is 69.6 Å². The molecule has 0 unspecified atom stereocenters. The minimum Gasteiger partial charge on any atom is -0.395 e. The van der Waals surface area contributed by atoms with Crippen LogP contribution in [0.3, 0.4) is 0 Å². The summed E-state index contributed by atoms with van der Waals surface area (Å²) in [6.07, 6.45) is 0.763. The number of sulfonamides is 1. The quantitative estimate of drug-likeness (QED) is 0.568. The van der Waals surface area contributed by atoms with Gasteiger partial charge in [0.1, 0.15) is 0 Å². The number of aliphatic hydroxyl groups excluding tert-OH is 1. The lowest BCUT2D eigenvalue weighted by Crippen LogP contribution is -2.38. The third-order valence-corrected chi connectivity index (χ3v) is 3.70. The largest absolute Gasteiger partial charge is 0.395 e. The first kappa shape index (κ1) is 13.8. The molecule has 0 rings (SSSR count). The maximum atomic E-state index is 11.6. The molecule has 0 atom stereocenters. The van der Waals surface area contributed by atoms with Crippen molar-refractivity contribution in [3.8, 4) is 0 Å². The van der Waals surface area contributed by atoms with E-state index >= 15 is 0 Å². The molecule has 0 spiro atoms. The van der Waals surface area contributed by atoms with E-state index < -0.39 is 10.0 Å². The molecular formula is C8H20N2O3S. The van der Waals surface area contributed by atoms with E-state index in [1.54, 1.807) is 7.05 Å². The van der Waals surface area contributed by atoms with Gasteiger partial charge in [-0.1, -0.05) is 6.92 Å². The van der Waals surface area contributed by atoms with Crippen molar-refractivity contribution in [3.63, 3.8) is 0 Å². The van der Waals surface area contributed by atoms with Crippen molar-refractivity contribution in [2.45, 2.75) is 13.3 Å². The van der Waals surface area contributed by atoms with E-state index in [4.69, 9.17) is 5.11 Å². The van der Waals surface area contributed by atoms with Crippen LogP contribution in [0.1, 0.15) is 13.3 Å². The molecule has 86 valence electrons. The summed E-state index contributed by atoms with van der Waals surface area (Å²) in [7, 11) is -1.48. The Morgan fingerprint density at radius 2 is 2.00 bits per heavy atom. The number of aliphatic hydroxyl groups is 1. The van der Waals surface area contributed by atoms with Crippen LogP contribution in [0.4, 0.5) is 0 Å². The lowest BCUT2D eigenvalue weighted by Gasteiger charge is -2.20. The van der Waals surface area contributed by atoms with Crippen molar-refractivity contribution in [2.24, 2.45) is 0 Å². The fourth-order valence-corrected chi connectivity index (χ4v) is 2.65. The van der Waals surface area contributed by atoms with E-state index in [1.165, 1.54) is 4.31 Å². The molecule has 0 aliphatic rings. The predicted molar refractivity (Wildman–Crippen MR) is 56.7 cm³/mol. The molecule has 0 heterocycles. The first-order valence-electron chi connectivity index (χ1n) is 4.81. The maximum Gasteiger partial charge on any atom is 0.215 e. The van der Waals surface area contributed by atoms with Gasteiger partial charge in [-0.3, -0.25) is 0 Å². The van der Waals surface area contributed by atoms with Gasteiger partial charge in [0.25, 0.3) is 0 Å². The van der Waals surface area contributed by atoms with Gasteiger partial charge in [0.15, 0.2) is 0 Å². The fraction of sp³-hybridized carbons (Fsp3) is 1.00. The Morgan fingerprint density at radius 3 is 2.43 bits per heavy atom. The molecule has 0 aliphatic heterocycles. The first-order chi connectivity index (χ1) is 6.58. The highest BCUT2D eigenvalue weighted by Crippen LogP contribution is 2.01. The fourth-order valence-electron chi connectivity index (χ4n) is 1.11. The Morgan fingerprint density at radius 1 is 1.36 bits per heavy atom. The average Bonchev–Trinajstić information content (AvgIpc) is 2.14. The molecule has 0 saturated carbocycles. The second-order valence-electron chi connectivity index (χ2n) is 3.04. The number of hydrogen-bond acceptors (Lipinski definition) is 4. The van der Waals surface area contributed by atoms with Crippen LogP contribution < -0.4 is 5.32 Å². The Bertz CT molecular complexity index is 223. The van der Waals surface area contributed by atoms with E-state index in [2.05, 4.69) is 5.32 Å². The van der Waals surface area contributed by atoms with Gasteiger partial charge in [0.05, 0.1) is 12.4 Å². The summed E-state index contributed by atoms with van der Waals surface area (Å²) in [5, 5.41) is 11.5. The standard InChI is InChI=1S/C8H20N2O3S/c1-3-5-10(6-7-11)14(12,13)8-4-9-2/h9,11H,3-8H2,1-2H3. The van der Waals surface area contributed by atoms with Gasteiger partial charge in [-0.2, -0.15) is 4.31 Å². The first-order valence-corrected chi connectivity index (χ1v) is 6.42. The van der Waals surface area contributed by atoms with Gasteiger partial charge >= 0.3 is 0 Å². The van der Waals surface area contributed by atoms with E-state index in [0.717, 1.165) is 6.42 Å². The maximum absolute atomic E-state index is 11.6. The van der Waals surface area contributed by atoms with Crippen LogP contribution in [0.25, 0.3) is 0 Å². The normalized spacial score (nSPS) is 12.3. The third-order valence-electron chi connectivity index (χ3n) is 1.83. The molecule has 0 radical (unpaired) electrons. The molecule has 14 heavy (non-hydrogen) atoms. The van der Waals surface area contributed by atoms with Gasteiger partial charge in [-0.15, -0.1) is 0 Å². The molecule has 0 aromatic rings. The van der Waals surface area contributed by atoms with Crippen LogP contribution in [-0.4, -0.2) is 56.9 Å². The van der Waals surface area contributed by atoms with Crippen molar-refractivity contribution in [2.75, 3.05) is 39.0 Å². The second-order valence-corrected chi connectivity index (χ2v) is 5.13. The highest BCUT2D eigenvalue weighted by Gasteiger charge is 2.19. The molecule has 0 fully saturated rings. The van der Waals surface area contributed by atoms with Crippen molar-refractivity contribution in [1.29, 1.82) is 0 Å². The average molecular weight is 224 g/mol. The summed E-state index contributed by atoms with van der Waals surface area (Å²) in [4.78, 5) is 0. The Kier molecular flexibility index (Phi) is 7.08. The van der Waals surface area contributed by atoms with Crippen LogP contribution in [-0.2, 0) is 10.0 Å². The van der Waals surface area contributed by atoms with Gasteiger partial charge < -0.3 is 10.4 Å². The van der Waals surface area contributed by atoms with Crippen molar-refractivity contribution in [3.05, 3.63) is 0 Å². The summed E-state index contributed by atoms with van der Waals surface area (Å²) in [5.74, 6) is 0.0868. The molecule has 2 N–H and O–H groups in total. The number of nitrogens with one attached hydrogen (secondary N) is 1. The highest BCUT2D eigenvalue weighted by molar-refractivity contribution is 7.89.